The molecular formula is C17H18N2O. The fraction of sp³-hybridized carbons (Fsp3) is 0.235. The maximum atomic E-state index is 10.4. The first-order valence-corrected chi connectivity index (χ1v) is 6.59. The first-order chi connectivity index (χ1) is 9.62. The van der Waals surface area contributed by atoms with E-state index in [0.717, 1.165) is 11.1 Å². The summed E-state index contributed by atoms with van der Waals surface area (Å²) in [7, 11) is 0. The summed E-state index contributed by atoms with van der Waals surface area (Å²) >= 11 is 0. The standard InChI is InChI=1S/C17H18N2O/c1-17(20,16-5-3-2-4-6-16)13-19-12-15-9-7-14(11-18)8-10-15/h2-10,19-20H,12-13H2,1H3. The van der Waals surface area contributed by atoms with Crippen LogP contribution in [0.2, 0.25) is 0 Å². The Bertz CT molecular complexity index is 583. The van der Waals surface area contributed by atoms with Crippen LogP contribution in [0.1, 0.15) is 23.6 Å². The summed E-state index contributed by atoms with van der Waals surface area (Å²) in [6.07, 6.45) is 0. The van der Waals surface area contributed by atoms with Gasteiger partial charge < -0.3 is 10.4 Å². The number of nitrogens with zero attached hydrogens (tertiary/aromatic N) is 1. The molecule has 0 aromatic heterocycles. The van der Waals surface area contributed by atoms with E-state index in [9.17, 15) is 5.11 Å². The zero-order valence-electron chi connectivity index (χ0n) is 11.5. The van der Waals surface area contributed by atoms with Crippen molar-refractivity contribution >= 4 is 0 Å². The van der Waals surface area contributed by atoms with Gasteiger partial charge in [-0.1, -0.05) is 42.5 Å². The third kappa shape index (κ3) is 3.67. The predicted molar refractivity (Wildman–Crippen MR) is 78.9 cm³/mol. The van der Waals surface area contributed by atoms with E-state index in [1.54, 1.807) is 19.1 Å². The summed E-state index contributed by atoms with van der Waals surface area (Å²) in [4.78, 5) is 0. The Labute approximate surface area is 119 Å². The van der Waals surface area contributed by atoms with Gasteiger partial charge in [0.05, 0.1) is 17.2 Å². The van der Waals surface area contributed by atoms with Gasteiger partial charge in [0, 0.05) is 13.1 Å². The average molecular weight is 266 g/mol. The monoisotopic (exact) mass is 266 g/mol. The van der Waals surface area contributed by atoms with Gasteiger partial charge in [0.25, 0.3) is 0 Å². The Morgan fingerprint density at radius 2 is 1.75 bits per heavy atom. The van der Waals surface area contributed by atoms with E-state index in [1.165, 1.54) is 0 Å². The van der Waals surface area contributed by atoms with Crippen LogP contribution in [-0.2, 0) is 12.1 Å². The van der Waals surface area contributed by atoms with E-state index in [0.29, 0.717) is 18.7 Å². The lowest BCUT2D eigenvalue weighted by Crippen LogP contribution is -2.35. The summed E-state index contributed by atoms with van der Waals surface area (Å²) in [6, 6.07) is 19.1. The third-order valence-electron chi connectivity index (χ3n) is 3.28. The number of hydrogen-bond donors (Lipinski definition) is 2. The summed E-state index contributed by atoms with van der Waals surface area (Å²) in [5.41, 5.74) is 1.75. The van der Waals surface area contributed by atoms with Gasteiger partial charge in [-0.05, 0) is 30.2 Å². The third-order valence-corrected chi connectivity index (χ3v) is 3.28. The van der Waals surface area contributed by atoms with Gasteiger partial charge in [-0.2, -0.15) is 5.26 Å². The van der Waals surface area contributed by atoms with Crippen LogP contribution in [-0.4, -0.2) is 11.7 Å². The first kappa shape index (κ1) is 14.3. The number of nitriles is 1. The van der Waals surface area contributed by atoms with Crippen molar-refractivity contribution in [2.24, 2.45) is 0 Å². The predicted octanol–water partition coefficient (Wildman–Crippen LogP) is 2.56. The highest BCUT2D eigenvalue weighted by atomic mass is 16.3. The Balaban J connectivity index is 1.90. The van der Waals surface area contributed by atoms with Gasteiger partial charge in [-0.15, -0.1) is 0 Å². The lowest BCUT2D eigenvalue weighted by Gasteiger charge is -2.24. The zero-order valence-corrected chi connectivity index (χ0v) is 11.5. The topological polar surface area (TPSA) is 56.0 Å². The van der Waals surface area contributed by atoms with Crippen LogP contribution >= 0.6 is 0 Å². The minimum atomic E-state index is -0.895. The molecule has 0 saturated carbocycles. The van der Waals surface area contributed by atoms with E-state index in [-0.39, 0.29) is 0 Å². The number of benzene rings is 2. The van der Waals surface area contributed by atoms with Crippen LogP contribution in [0.25, 0.3) is 0 Å². The normalized spacial score (nSPS) is 13.4. The molecule has 0 heterocycles. The Kier molecular flexibility index (Phi) is 4.52. The second kappa shape index (κ2) is 6.33. The maximum Gasteiger partial charge on any atom is 0.0992 e. The fourth-order valence-electron chi connectivity index (χ4n) is 2.05. The van der Waals surface area contributed by atoms with Gasteiger partial charge in [-0.3, -0.25) is 0 Å². The smallest absolute Gasteiger partial charge is 0.0992 e. The molecule has 1 atom stereocenters. The van der Waals surface area contributed by atoms with Crippen molar-refractivity contribution < 1.29 is 5.11 Å². The highest BCUT2D eigenvalue weighted by Crippen LogP contribution is 2.19. The summed E-state index contributed by atoms with van der Waals surface area (Å²) < 4.78 is 0. The van der Waals surface area contributed by atoms with Gasteiger partial charge in [0.15, 0.2) is 0 Å². The summed E-state index contributed by atoms with van der Waals surface area (Å²) in [5, 5.41) is 22.4. The highest BCUT2D eigenvalue weighted by Gasteiger charge is 2.21. The molecule has 0 aliphatic carbocycles. The molecule has 20 heavy (non-hydrogen) atoms. The van der Waals surface area contributed by atoms with E-state index >= 15 is 0 Å². The van der Waals surface area contributed by atoms with Gasteiger partial charge in [-0.25, -0.2) is 0 Å². The Hall–Kier alpha value is -2.15. The van der Waals surface area contributed by atoms with E-state index in [2.05, 4.69) is 11.4 Å². The molecular weight excluding hydrogens is 248 g/mol. The van der Waals surface area contributed by atoms with Crippen molar-refractivity contribution in [3.05, 3.63) is 71.3 Å². The molecule has 0 radical (unpaired) electrons. The molecule has 0 spiro atoms. The number of nitrogens with one attached hydrogen (secondary N) is 1. The Morgan fingerprint density at radius 3 is 2.35 bits per heavy atom. The van der Waals surface area contributed by atoms with Crippen molar-refractivity contribution in [2.75, 3.05) is 6.54 Å². The van der Waals surface area contributed by atoms with Gasteiger partial charge in [0.1, 0.15) is 0 Å². The first-order valence-electron chi connectivity index (χ1n) is 6.59. The zero-order chi connectivity index (χ0) is 14.4. The summed E-state index contributed by atoms with van der Waals surface area (Å²) in [5.74, 6) is 0. The summed E-state index contributed by atoms with van der Waals surface area (Å²) in [6.45, 7) is 2.93. The molecule has 2 aromatic carbocycles. The molecule has 1 unspecified atom stereocenters. The number of hydrogen-bond acceptors (Lipinski definition) is 3. The van der Waals surface area contributed by atoms with Crippen molar-refractivity contribution in [1.29, 1.82) is 5.26 Å². The van der Waals surface area contributed by atoms with Crippen LogP contribution < -0.4 is 5.32 Å². The molecule has 0 amide bonds. The van der Waals surface area contributed by atoms with Crippen molar-refractivity contribution in [2.45, 2.75) is 19.1 Å². The molecule has 0 aliphatic heterocycles. The van der Waals surface area contributed by atoms with Crippen LogP contribution in [0.3, 0.4) is 0 Å². The van der Waals surface area contributed by atoms with Gasteiger partial charge >= 0.3 is 0 Å². The maximum absolute atomic E-state index is 10.4. The second-order valence-corrected chi connectivity index (χ2v) is 5.05. The van der Waals surface area contributed by atoms with E-state index in [4.69, 9.17) is 5.26 Å². The fourth-order valence-corrected chi connectivity index (χ4v) is 2.05. The highest BCUT2D eigenvalue weighted by molar-refractivity contribution is 5.31. The SMILES string of the molecule is CC(O)(CNCc1ccc(C#N)cc1)c1ccccc1. The minimum absolute atomic E-state index is 0.469. The van der Waals surface area contributed by atoms with Crippen LogP contribution in [0.15, 0.2) is 54.6 Å². The molecule has 0 bridgehead atoms. The van der Waals surface area contributed by atoms with Crippen molar-refractivity contribution in [3.8, 4) is 6.07 Å². The van der Waals surface area contributed by atoms with Crippen LogP contribution in [0.4, 0.5) is 0 Å². The average Bonchev–Trinajstić information content (AvgIpc) is 2.49. The molecule has 0 aliphatic rings. The second-order valence-electron chi connectivity index (χ2n) is 5.05. The number of aliphatic hydroxyl groups is 1. The number of rotatable bonds is 5. The van der Waals surface area contributed by atoms with E-state index < -0.39 is 5.60 Å². The molecule has 2 N–H and O–H groups in total. The molecule has 3 heteroatoms. The largest absolute Gasteiger partial charge is 0.384 e. The lowest BCUT2D eigenvalue weighted by molar-refractivity contribution is 0.0567. The van der Waals surface area contributed by atoms with Gasteiger partial charge in [0.2, 0.25) is 0 Å². The molecule has 102 valence electrons. The van der Waals surface area contributed by atoms with Crippen LogP contribution in [0, 0.1) is 11.3 Å². The molecule has 2 aromatic rings. The van der Waals surface area contributed by atoms with Crippen LogP contribution in [0.5, 0.6) is 0 Å². The molecule has 0 fully saturated rings. The quantitative estimate of drug-likeness (QED) is 0.874. The minimum Gasteiger partial charge on any atom is -0.384 e. The molecule has 3 nitrogen and oxygen atoms in total. The van der Waals surface area contributed by atoms with Crippen molar-refractivity contribution in [3.63, 3.8) is 0 Å². The molecule has 0 saturated heterocycles. The van der Waals surface area contributed by atoms with E-state index in [1.807, 2.05) is 42.5 Å². The van der Waals surface area contributed by atoms with Crippen molar-refractivity contribution in [1.82, 2.24) is 5.32 Å². The molecule has 2 rings (SSSR count). The Morgan fingerprint density at radius 1 is 1.10 bits per heavy atom. The lowest BCUT2D eigenvalue weighted by atomic mass is 9.96.